The molecule has 0 bridgehead atoms. The number of benzene rings is 3. The molecule has 188 valence electrons. The van der Waals surface area contributed by atoms with Crippen LogP contribution in [0.2, 0.25) is 10.0 Å². The Labute approximate surface area is 223 Å². The molecule has 2 aromatic heterocycles. The van der Waals surface area contributed by atoms with Crippen LogP contribution in [0.5, 0.6) is 0 Å². The second-order valence-electron chi connectivity index (χ2n) is 10.4. The normalized spacial score (nSPS) is 13.9. The summed E-state index contributed by atoms with van der Waals surface area (Å²) in [4.78, 5) is 26.1. The maximum atomic E-state index is 13.5. The van der Waals surface area contributed by atoms with Crippen LogP contribution in [0, 0.1) is 0 Å². The van der Waals surface area contributed by atoms with Gasteiger partial charge in [0.25, 0.3) is 5.91 Å². The molecule has 37 heavy (non-hydrogen) atoms. The first kappa shape index (κ1) is 23.8. The molecule has 2 heterocycles. The van der Waals surface area contributed by atoms with Gasteiger partial charge in [-0.3, -0.25) is 4.79 Å². The van der Waals surface area contributed by atoms with Crippen molar-refractivity contribution in [1.29, 1.82) is 0 Å². The molecule has 0 spiro atoms. The molecule has 0 atom stereocenters. The minimum Gasteiger partial charge on any atom is -0.439 e. The van der Waals surface area contributed by atoms with Gasteiger partial charge in [-0.2, -0.15) is 0 Å². The Kier molecular flexibility index (Phi) is 5.66. The molecule has 3 N–H and O–H groups in total. The van der Waals surface area contributed by atoms with Crippen molar-refractivity contribution in [1.82, 2.24) is 15.0 Å². The molecule has 7 nitrogen and oxygen atoms in total. The average molecular weight is 534 g/mol. The van der Waals surface area contributed by atoms with Crippen LogP contribution >= 0.6 is 23.2 Å². The SMILES string of the molecule is CC(C)(C)c1ccc(NC(=O)c2cc3[nH]c(Nc4c(Cl)cccc4Cl)nc3c3nc(C4CC4)oc23)cc1. The summed E-state index contributed by atoms with van der Waals surface area (Å²) in [6.07, 6.45) is 2.05. The molecule has 6 rings (SSSR count). The lowest BCUT2D eigenvalue weighted by Gasteiger charge is -2.19. The number of carbonyl (C=O) groups excluding carboxylic acids is 1. The van der Waals surface area contributed by atoms with E-state index in [1.54, 1.807) is 24.3 Å². The van der Waals surface area contributed by atoms with Crippen molar-refractivity contribution in [3.05, 3.63) is 75.6 Å². The number of nitrogens with zero attached hydrogens (tertiary/aromatic N) is 2. The largest absolute Gasteiger partial charge is 0.439 e. The Bertz CT molecular complexity index is 1640. The first-order valence-corrected chi connectivity index (χ1v) is 12.9. The predicted molar refractivity (Wildman–Crippen MR) is 148 cm³/mol. The highest BCUT2D eigenvalue weighted by atomic mass is 35.5. The summed E-state index contributed by atoms with van der Waals surface area (Å²) < 4.78 is 6.13. The lowest BCUT2D eigenvalue weighted by Crippen LogP contribution is -2.14. The molecular formula is C28H25Cl2N5O2. The summed E-state index contributed by atoms with van der Waals surface area (Å²) in [5, 5.41) is 7.08. The minimum absolute atomic E-state index is 0.0271. The van der Waals surface area contributed by atoms with Crippen LogP contribution in [0.3, 0.4) is 0 Å². The number of amides is 1. The molecule has 3 aromatic carbocycles. The van der Waals surface area contributed by atoms with Gasteiger partial charge in [0.1, 0.15) is 11.0 Å². The van der Waals surface area contributed by atoms with Crippen molar-refractivity contribution in [2.45, 2.75) is 44.9 Å². The molecule has 0 saturated heterocycles. The first-order chi connectivity index (χ1) is 17.7. The molecule has 1 aliphatic rings. The average Bonchev–Trinajstić information content (AvgIpc) is 3.46. The van der Waals surface area contributed by atoms with E-state index in [0.29, 0.717) is 61.0 Å². The van der Waals surface area contributed by atoms with Crippen molar-refractivity contribution < 1.29 is 9.21 Å². The monoisotopic (exact) mass is 533 g/mol. The number of aromatic nitrogens is 3. The summed E-state index contributed by atoms with van der Waals surface area (Å²) in [5.41, 5.74) is 5.05. The quantitative estimate of drug-likeness (QED) is 0.211. The Hall–Kier alpha value is -3.55. The topological polar surface area (TPSA) is 95.8 Å². The van der Waals surface area contributed by atoms with Crippen LogP contribution in [0.4, 0.5) is 17.3 Å². The number of rotatable bonds is 5. The Balaban J connectivity index is 1.40. The lowest BCUT2D eigenvalue weighted by atomic mass is 9.87. The molecule has 1 amide bonds. The fourth-order valence-electron chi connectivity index (χ4n) is 4.28. The fraction of sp³-hybridized carbons (Fsp3) is 0.250. The number of carbonyl (C=O) groups is 1. The van der Waals surface area contributed by atoms with E-state index in [2.05, 4.69) is 36.4 Å². The molecular weight excluding hydrogens is 509 g/mol. The van der Waals surface area contributed by atoms with E-state index in [4.69, 9.17) is 37.6 Å². The zero-order valence-corrected chi connectivity index (χ0v) is 22.1. The van der Waals surface area contributed by atoms with Crippen molar-refractivity contribution in [3.63, 3.8) is 0 Å². The number of anilines is 3. The molecule has 0 radical (unpaired) electrons. The van der Waals surface area contributed by atoms with Gasteiger partial charge in [-0.25, -0.2) is 9.97 Å². The Morgan fingerprint density at radius 1 is 1.03 bits per heavy atom. The zero-order chi connectivity index (χ0) is 25.9. The molecule has 9 heteroatoms. The fourth-order valence-corrected chi connectivity index (χ4v) is 4.77. The molecule has 1 aliphatic carbocycles. The van der Waals surface area contributed by atoms with Gasteiger partial charge in [0.05, 0.1) is 26.8 Å². The van der Waals surface area contributed by atoms with Crippen molar-refractivity contribution in [3.8, 4) is 0 Å². The zero-order valence-electron chi connectivity index (χ0n) is 20.6. The Morgan fingerprint density at radius 2 is 1.73 bits per heavy atom. The predicted octanol–water partition coefficient (Wildman–Crippen LogP) is 8.18. The number of hydrogen-bond donors (Lipinski definition) is 3. The molecule has 0 aliphatic heterocycles. The van der Waals surface area contributed by atoms with Gasteiger partial charge in [0.2, 0.25) is 5.95 Å². The number of hydrogen-bond acceptors (Lipinski definition) is 5. The number of imidazole rings is 1. The van der Waals surface area contributed by atoms with Crippen LogP contribution in [-0.2, 0) is 5.41 Å². The summed E-state index contributed by atoms with van der Waals surface area (Å²) >= 11 is 12.7. The van der Waals surface area contributed by atoms with Crippen molar-refractivity contribution in [2.75, 3.05) is 10.6 Å². The van der Waals surface area contributed by atoms with Crippen LogP contribution in [0.15, 0.2) is 52.9 Å². The highest BCUT2D eigenvalue weighted by Crippen LogP contribution is 2.42. The third kappa shape index (κ3) is 4.54. The third-order valence-corrected chi connectivity index (χ3v) is 7.15. The summed E-state index contributed by atoms with van der Waals surface area (Å²) in [6.45, 7) is 6.46. The van der Waals surface area contributed by atoms with Crippen LogP contribution < -0.4 is 10.6 Å². The third-order valence-electron chi connectivity index (χ3n) is 6.52. The van der Waals surface area contributed by atoms with Crippen molar-refractivity contribution >= 4 is 68.6 Å². The van der Waals surface area contributed by atoms with Crippen LogP contribution in [-0.4, -0.2) is 20.9 Å². The molecule has 1 fully saturated rings. The first-order valence-electron chi connectivity index (χ1n) is 12.1. The van der Waals surface area contributed by atoms with Gasteiger partial charge in [0, 0.05) is 11.6 Å². The second-order valence-corrected chi connectivity index (χ2v) is 11.2. The summed E-state index contributed by atoms with van der Waals surface area (Å²) in [7, 11) is 0. The molecule has 0 unspecified atom stereocenters. The van der Waals surface area contributed by atoms with Gasteiger partial charge in [-0.1, -0.05) is 62.2 Å². The standard InChI is InChI=1S/C28H25Cl2N5O2/c1-28(2,3)15-9-11-16(12-10-15)31-25(36)17-13-20-22(23-24(17)37-26(33-23)14-7-8-14)35-27(32-20)34-21-18(29)5-4-6-19(21)30/h4-6,9-14H,7-8H2,1-3H3,(H,31,36)(H2,32,34,35). The maximum Gasteiger partial charge on any atom is 0.259 e. The van der Waals surface area contributed by atoms with E-state index in [0.717, 1.165) is 12.8 Å². The van der Waals surface area contributed by atoms with E-state index in [1.807, 2.05) is 24.3 Å². The second kappa shape index (κ2) is 8.78. The highest BCUT2D eigenvalue weighted by Gasteiger charge is 2.31. The van der Waals surface area contributed by atoms with Gasteiger partial charge < -0.3 is 20.0 Å². The minimum atomic E-state index is -0.285. The Morgan fingerprint density at radius 3 is 2.38 bits per heavy atom. The number of para-hydroxylation sites is 1. The van der Waals surface area contributed by atoms with E-state index >= 15 is 0 Å². The number of nitrogens with one attached hydrogen (secondary N) is 3. The summed E-state index contributed by atoms with van der Waals surface area (Å²) in [5.74, 6) is 1.06. The number of oxazole rings is 1. The molecule has 1 saturated carbocycles. The van der Waals surface area contributed by atoms with Gasteiger partial charge in [0.15, 0.2) is 11.5 Å². The van der Waals surface area contributed by atoms with Crippen molar-refractivity contribution in [2.24, 2.45) is 0 Å². The smallest absolute Gasteiger partial charge is 0.259 e. The number of halogens is 2. The van der Waals surface area contributed by atoms with E-state index in [9.17, 15) is 4.79 Å². The molecule has 5 aromatic rings. The van der Waals surface area contributed by atoms with Gasteiger partial charge in [-0.05, 0) is 54.2 Å². The summed E-state index contributed by atoms with van der Waals surface area (Å²) in [6, 6.07) is 14.9. The number of fused-ring (bicyclic) bond motifs is 3. The lowest BCUT2D eigenvalue weighted by molar-refractivity contribution is 0.102. The maximum absolute atomic E-state index is 13.5. The van der Waals surface area contributed by atoms with E-state index in [-0.39, 0.29) is 17.2 Å². The van der Waals surface area contributed by atoms with E-state index in [1.165, 1.54) is 5.56 Å². The highest BCUT2D eigenvalue weighted by molar-refractivity contribution is 6.39. The van der Waals surface area contributed by atoms with Crippen LogP contribution in [0.1, 0.15) is 61.3 Å². The van der Waals surface area contributed by atoms with Crippen LogP contribution in [0.25, 0.3) is 22.1 Å². The number of aromatic amines is 1. The number of H-pyrrole nitrogens is 1. The van der Waals surface area contributed by atoms with E-state index < -0.39 is 0 Å². The van der Waals surface area contributed by atoms with Gasteiger partial charge in [-0.15, -0.1) is 0 Å². The van der Waals surface area contributed by atoms with Gasteiger partial charge >= 0.3 is 0 Å².